The van der Waals surface area contributed by atoms with E-state index in [2.05, 4.69) is 6.07 Å². The molecular weight excluding hydrogens is 424 g/mol. The van der Waals surface area contributed by atoms with Gasteiger partial charge in [0, 0.05) is 41.5 Å². The Balaban J connectivity index is 1.28. The molecule has 6 heteroatoms. The van der Waals surface area contributed by atoms with E-state index in [0.717, 1.165) is 23.2 Å². The molecule has 5 rings (SSSR count). The zero-order valence-corrected chi connectivity index (χ0v) is 18.3. The maximum Gasteiger partial charge on any atom is 0.264 e. The molecule has 3 aromatic carbocycles. The first kappa shape index (κ1) is 20.6. The molecule has 5 nitrogen and oxygen atoms in total. The van der Waals surface area contributed by atoms with Crippen LogP contribution in [0, 0.1) is 0 Å². The van der Waals surface area contributed by atoms with Gasteiger partial charge in [-0.05, 0) is 54.3 Å². The molecule has 0 unspecified atom stereocenters. The van der Waals surface area contributed by atoms with Gasteiger partial charge in [-0.25, -0.2) is 0 Å². The summed E-state index contributed by atoms with van der Waals surface area (Å²) < 4.78 is 5.93. The summed E-state index contributed by atoms with van der Waals surface area (Å²) in [6.07, 6.45) is 1.55. The van der Waals surface area contributed by atoms with Gasteiger partial charge < -0.3 is 14.5 Å². The molecule has 2 heterocycles. The number of carbonyl (C=O) groups excluding carboxylic acids is 2. The summed E-state index contributed by atoms with van der Waals surface area (Å²) in [6, 6.07) is 21.0. The summed E-state index contributed by atoms with van der Waals surface area (Å²) in [5.41, 5.74) is 4.70. The molecule has 0 radical (unpaired) electrons. The third kappa shape index (κ3) is 3.96. The number of amides is 2. The molecule has 3 aromatic rings. The molecule has 0 spiro atoms. The third-order valence-corrected chi connectivity index (χ3v) is 6.36. The third-order valence-electron chi connectivity index (χ3n) is 6.11. The summed E-state index contributed by atoms with van der Waals surface area (Å²) in [5.74, 6) is 0.522. The van der Waals surface area contributed by atoms with Crippen LogP contribution in [-0.4, -0.2) is 36.4 Å². The fraction of sp³-hybridized carbons (Fsp3) is 0.231. The van der Waals surface area contributed by atoms with Gasteiger partial charge >= 0.3 is 0 Å². The van der Waals surface area contributed by atoms with Crippen molar-refractivity contribution >= 4 is 29.1 Å². The van der Waals surface area contributed by atoms with Crippen molar-refractivity contribution in [3.63, 3.8) is 0 Å². The minimum absolute atomic E-state index is 0.0218. The van der Waals surface area contributed by atoms with Crippen LogP contribution in [0.4, 0.5) is 5.69 Å². The van der Waals surface area contributed by atoms with Gasteiger partial charge in [0.2, 0.25) is 0 Å². The summed E-state index contributed by atoms with van der Waals surface area (Å²) in [6.45, 7) is 1.76. The fourth-order valence-electron chi connectivity index (χ4n) is 4.45. The zero-order valence-electron chi connectivity index (χ0n) is 17.6. The number of rotatable bonds is 5. The smallest absolute Gasteiger partial charge is 0.264 e. The molecule has 0 atom stereocenters. The SMILES string of the molecule is O=C1c2cccc(OCC(=O)N3CCc4ccccc43)c2CCN1Cc1ccc(Cl)cc1. The summed E-state index contributed by atoms with van der Waals surface area (Å²) in [5, 5.41) is 0.679. The van der Waals surface area contributed by atoms with Crippen LogP contribution in [0.5, 0.6) is 5.75 Å². The number of carbonyl (C=O) groups is 2. The van der Waals surface area contributed by atoms with Crippen LogP contribution in [0.1, 0.15) is 27.0 Å². The second-order valence-electron chi connectivity index (χ2n) is 8.10. The topological polar surface area (TPSA) is 49.9 Å². The number of nitrogens with zero attached hydrogens (tertiary/aromatic N) is 2. The van der Waals surface area contributed by atoms with Crippen molar-refractivity contribution in [1.82, 2.24) is 4.90 Å². The maximum atomic E-state index is 13.1. The Hall–Kier alpha value is -3.31. The van der Waals surface area contributed by atoms with E-state index in [-0.39, 0.29) is 18.4 Å². The van der Waals surface area contributed by atoms with Gasteiger partial charge in [0.05, 0.1) is 0 Å². The van der Waals surface area contributed by atoms with Gasteiger partial charge in [0.25, 0.3) is 11.8 Å². The van der Waals surface area contributed by atoms with Crippen molar-refractivity contribution in [2.24, 2.45) is 0 Å². The molecule has 0 aliphatic carbocycles. The van der Waals surface area contributed by atoms with Crippen molar-refractivity contribution in [2.75, 3.05) is 24.6 Å². The molecule has 0 aromatic heterocycles. The predicted molar refractivity (Wildman–Crippen MR) is 124 cm³/mol. The molecule has 2 amide bonds. The van der Waals surface area contributed by atoms with E-state index < -0.39 is 0 Å². The van der Waals surface area contributed by atoms with Gasteiger partial charge in [0.15, 0.2) is 6.61 Å². The average molecular weight is 447 g/mol. The molecule has 2 aliphatic heterocycles. The van der Waals surface area contributed by atoms with Gasteiger partial charge in [-0.2, -0.15) is 0 Å². The first-order valence-corrected chi connectivity index (χ1v) is 11.1. The van der Waals surface area contributed by atoms with Gasteiger partial charge in [-0.3, -0.25) is 9.59 Å². The van der Waals surface area contributed by atoms with Crippen molar-refractivity contribution in [2.45, 2.75) is 19.4 Å². The standard InChI is InChI=1S/C26H23ClN2O3/c27-20-10-8-18(9-11-20)16-28-14-13-21-22(26(28)31)5-3-7-24(21)32-17-25(30)29-15-12-19-4-1-2-6-23(19)29/h1-11H,12-17H2. The Morgan fingerprint density at radius 1 is 0.938 bits per heavy atom. The van der Waals surface area contributed by atoms with E-state index in [1.807, 2.05) is 65.6 Å². The van der Waals surface area contributed by atoms with E-state index in [4.69, 9.17) is 16.3 Å². The highest BCUT2D eigenvalue weighted by atomic mass is 35.5. The molecule has 32 heavy (non-hydrogen) atoms. The van der Waals surface area contributed by atoms with Crippen molar-refractivity contribution in [3.05, 3.63) is 94.0 Å². The predicted octanol–water partition coefficient (Wildman–Crippen LogP) is 4.51. The van der Waals surface area contributed by atoms with Gasteiger partial charge in [-0.1, -0.05) is 48.0 Å². The lowest BCUT2D eigenvalue weighted by Gasteiger charge is -2.30. The molecule has 0 saturated heterocycles. The zero-order chi connectivity index (χ0) is 22.1. The molecule has 0 saturated carbocycles. The van der Waals surface area contributed by atoms with Crippen LogP contribution in [0.15, 0.2) is 66.7 Å². The largest absolute Gasteiger partial charge is 0.483 e. The highest BCUT2D eigenvalue weighted by Crippen LogP contribution is 2.30. The van der Waals surface area contributed by atoms with E-state index in [1.165, 1.54) is 5.56 Å². The number of fused-ring (bicyclic) bond motifs is 2. The lowest BCUT2D eigenvalue weighted by molar-refractivity contribution is -0.120. The highest BCUT2D eigenvalue weighted by molar-refractivity contribution is 6.30. The van der Waals surface area contributed by atoms with Crippen molar-refractivity contribution in [1.29, 1.82) is 0 Å². The minimum Gasteiger partial charge on any atom is -0.483 e. The van der Waals surface area contributed by atoms with E-state index in [0.29, 0.717) is 42.4 Å². The Kier molecular flexibility index (Phi) is 5.58. The van der Waals surface area contributed by atoms with Gasteiger partial charge in [-0.15, -0.1) is 0 Å². The molecule has 0 N–H and O–H groups in total. The summed E-state index contributed by atoms with van der Waals surface area (Å²) in [4.78, 5) is 29.5. The second-order valence-corrected chi connectivity index (χ2v) is 8.53. The summed E-state index contributed by atoms with van der Waals surface area (Å²) in [7, 11) is 0. The number of halogens is 1. The quantitative estimate of drug-likeness (QED) is 0.579. The number of anilines is 1. The van der Waals surface area contributed by atoms with Crippen LogP contribution in [-0.2, 0) is 24.2 Å². The van der Waals surface area contributed by atoms with Crippen LogP contribution in [0.25, 0.3) is 0 Å². The monoisotopic (exact) mass is 446 g/mol. The van der Waals surface area contributed by atoms with Crippen LogP contribution in [0.2, 0.25) is 5.02 Å². The first-order chi connectivity index (χ1) is 15.6. The average Bonchev–Trinajstić information content (AvgIpc) is 3.25. The summed E-state index contributed by atoms with van der Waals surface area (Å²) >= 11 is 5.96. The fourth-order valence-corrected chi connectivity index (χ4v) is 4.58. The normalized spacial score (nSPS) is 14.8. The second kappa shape index (κ2) is 8.67. The number of ether oxygens (including phenoxy) is 1. The van der Waals surface area contributed by atoms with Crippen molar-refractivity contribution < 1.29 is 14.3 Å². The highest BCUT2D eigenvalue weighted by Gasteiger charge is 2.28. The lowest BCUT2D eigenvalue weighted by atomic mass is 9.97. The molecule has 0 bridgehead atoms. The first-order valence-electron chi connectivity index (χ1n) is 10.8. The maximum absolute atomic E-state index is 13.1. The van der Waals surface area contributed by atoms with Crippen LogP contribution in [0.3, 0.4) is 0 Å². The number of para-hydroxylation sites is 1. The van der Waals surface area contributed by atoms with E-state index in [1.54, 1.807) is 4.90 Å². The molecule has 162 valence electrons. The van der Waals surface area contributed by atoms with Crippen LogP contribution >= 0.6 is 11.6 Å². The lowest BCUT2D eigenvalue weighted by Crippen LogP contribution is -2.37. The number of hydrogen-bond acceptors (Lipinski definition) is 3. The van der Waals surface area contributed by atoms with Gasteiger partial charge in [0.1, 0.15) is 5.75 Å². The Bertz CT molecular complexity index is 1180. The number of benzene rings is 3. The van der Waals surface area contributed by atoms with E-state index in [9.17, 15) is 9.59 Å². The Morgan fingerprint density at radius 2 is 1.75 bits per heavy atom. The molecular formula is C26H23ClN2O3. The van der Waals surface area contributed by atoms with Crippen molar-refractivity contribution in [3.8, 4) is 5.75 Å². The minimum atomic E-state index is -0.0703. The molecule has 2 aliphatic rings. The number of hydrogen-bond donors (Lipinski definition) is 0. The van der Waals surface area contributed by atoms with Crippen LogP contribution < -0.4 is 9.64 Å². The Morgan fingerprint density at radius 3 is 2.59 bits per heavy atom. The molecule has 0 fully saturated rings. The Labute approximate surface area is 192 Å². The van der Waals surface area contributed by atoms with E-state index >= 15 is 0 Å².